The van der Waals surface area contributed by atoms with Crippen LogP contribution in [0.2, 0.25) is 24.7 Å². The topological polar surface area (TPSA) is 73.8 Å². The third-order valence-electron chi connectivity index (χ3n) is 8.56. The monoisotopic (exact) mass is 583 g/mol. The molecule has 1 saturated carbocycles. The van der Waals surface area contributed by atoms with Gasteiger partial charge in [0.05, 0.1) is 19.7 Å². The van der Waals surface area contributed by atoms with Gasteiger partial charge in [-0.05, 0) is 63.5 Å². The van der Waals surface area contributed by atoms with Crippen LogP contribution in [0.25, 0.3) is 22.0 Å². The number of anilines is 1. The molecule has 3 fully saturated rings. The van der Waals surface area contributed by atoms with Gasteiger partial charge in [0.2, 0.25) is 0 Å². The van der Waals surface area contributed by atoms with Gasteiger partial charge in [-0.2, -0.15) is 9.97 Å². The first-order chi connectivity index (χ1) is 18.9. The van der Waals surface area contributed by atoms with Crippen molar-refractivity contribution in [2.75, 3.05) is 45.2 Å². The number of aromatic hydroxyl groups is 1. The zero-order chi connectivity index (χ0) is 28.4. The largest absolute Gasteiger partial charge is 0.508 e. The van der Waals surface area contributed by atoms with Gasteiger partial charge in [-0.25, -0.2) is 4.39 Å². The van der Waals surface area contributed by atoms with Gasteiger partial charge in [0.25, 0.3) is 0 Å². The predicted octanol–water partition coefficient (Wildman–Crippen LogP) is 5.00. The number of nitrogens with one attached hydrogen (secondary N) is 1. The Balaban J connectivity index is 1.49. The third-order valence-corrected chi connectivity index (χ3v) is 10.9. The van der Waals surface area contributed by atoms with Crippen molar-refractivity contribution in [1.82, 2.24) is 20.2 Å². The number of piperazine rings is 1. The van der Waals surface area contributed by atoms with Gasteiger partial charge in [0.1, 0.15) is 17.1 Å². The number of halogens is 2. The quantitative estimate of drug-likeness (QED) is 0.362. The highest BCUT2D eigenvalue weighted by Gasteiger charge is 2.44. The average molecular weight is 584 g/mol. The fraction of sp³-hybridized carbons (Fsp3) is 0.533. The van der Waals surface area contributed by atoms with E-state index in [1.54, 1.807) is 18.2 Å². The second kappa shape index (κ2) is 10.1. The first-order valence-corrected chi connectivity index (χ1v) is 18.1. The Kier molecular flexibility index (Phi) is 7.00. The lowest BCUT2D eigenvalue weighted by Crippen LogP contribution is -2.51. The standard InChI is InChI=1S/C30H39ClFN5O2Si/c1-36(2)16-30(10-11-30)17-39-29-34-27-22(28(35-29)37-14-18-6-7-19(15-37)33-18)13-23(31)25(26(27)32)21-12-20(38)8-9-24(21)40(3,4)5/h8-9,12-13,18-19,33,38H,6-7,10-11,14-17H2,1-5H3. The predicted molar refractivity (Wildman–Crippen MR) is 162 cm³/mol. The molecule has 2 unspecified atom stereocenters. The van der Waals surface area contributed by atoms with E-state index in [2.05, 4.69) is 53.8 Å². The molecular formula is C30H39ClFN5O2Si. The average Bonchev–Trinajstić information content (AvgIpc) is 3.55. The molecule has 2 bridgehead atoms. The molecule has 40 heavy (non-hydrogen) atoms. The number of hydrogen-bond donors (Lipinski definition) is 2. The van der Waals surface area contributed by atoms with Crippen LogP contribution in [0, 0.1) is 11.2 Å². The van der Waals surface area contributed by atoms with Crippen molar-refractivity contribution in [3.8, 4) is 22.9 Å². The third kappa shape index (κ3) is 5.29. The summed E-state index contributed by atoms with van der Waals surface area (Å²) in [5.41, 5.74) is 1.18. The van der Waals surface area contributed by atoms with Gasteiger partial charge in [-0.3, -0.25) is 0 Å². The highest BCUT2D eigenvalue weighted by atomic mass is 35.5. The molecule has 3 aliphatic rings. The van der Waals surface area contributed by atoms with Crippen LogP contribution < -0.4 is 20.1 Å². The summed E-state index contributed by atoms with van der Waals surface area (Å²) in [5, 5.41) is 15.9. The highest BCUT2D eigenvalue weighted by Crippen LogP contribution is 2.46. The smallest absolute Gasteiger partial charge is 0.319 e. The molecular weight excluding hydrogens is 545 g/mol. The summed E-state index contributed by atoms with van der Waals surface area (Å²) >= 11 is 6.89. The van der Waals surface area contributed by atoms with Crippen molar-refractivity contribution in [3.63, 3.8) is 0 Å². The van der Waals surface area contributed by atoms with E-state index in [9.17, 15) is 5.11 Å². The van der Waals surface area contributed by atoms with Crippen LogP contribution in [0.4, 0.5) is 10.2 Å². The van der Waals surface area contributed by atoms with Crippen LogP contribution in [0.3, 0.4) is 0 Å². The summed E-state index contributed by atoms with van der Waals surface area (Å²) in [4.78, 5) is 14.0. The maximum Gasteiger partial charge on any atom is 0.319 e. The molecule has 1 aliphatic carbocycles. The molecule has 2 saturated heterocycles. The van der Waals surface area contributed by atoms with E-state index in [-0.39, 0.29) is 33.3 Å². The number of ether oxygens (including phenoxy) is 1. The molecule has 0 amide bonds. The second-order valence-corrected chi connectivity index (χ2v) is 18.8. The number of phenolic OH excluding ortho intramolecular Hbond substituents is 1. The van der Waals surface area contributed by atoms with Crippen LogP contribution in [-0.2, 0) is 0 Å². The Morgan fingerprint density at radius 3 is 2.48 bits per heavy atom. The van der Waals surface area contributed by atoms with Crippen molar-refractivity contribution in [3.05, 3.63) is 35.1 Å². The van der Waals surface area contributed by atoms with Crippen molar-refractivity contribution in [2.45, 2.75) is 57.4 Å². The molecule has 10 heteroatoms. The first-order valence-electron chi connectivity index (χ1n) is 14.2. The van der Waals surface area contributed by atoms with E-state index >= 15 is 4.39 Å². The lowest BCUT2D eigenvalue weighted by Gasteiger charge is -2.34. The van der Waals surface area contributed by atoms with Gasteiger partial charge in [-0.1, -0.05) is 42.5 Å². The number of hydrogen-bond acceptors (Lipinski definition) is 7. The summed E-state index contributed by atoms with van der Waals surface area (Å²) in [6, 6.07) is 7.94. The first kappa shape index (κ1) is 27.7. The van der Waals surface area contributed by atoms with Crippen molar-refractivity contribution < 1.29 is 14.2 Å². The van der Waals surface area contributed by atoms with Crippen molar-refractivity contribution in [2.24, 2.45) is 5.41 Å². The van der Waals surface area contributed by atoms with Gasteiger partial charge in [0, 0.05) is 48.1 Å². The Labute approximate surface area is 241 Å². The molecule has 7 nitrogen and oxygen atoms in total. The molecule has 0 spiro atoms. The lowest BCUT2D eigenvalue weighted by atomic mass is 10.0. The Morgan fingerprint density at radius 2 is 1.85 bits per heavy atom. The van der Waals surface area contributed by atoms with E-state index < -0.39 is 13.9 Å². The van der Waals surface area contributed by atoms with E-state index in [1.165, 1.54) is 0 Å². The fourth-order valence-electron chi connectivity index (χ4n) is 6.49. The summed E-state index contributed by atoms with van der Waals surface area (Å²) in [5.74, 6) is 0.241. The summed E-state index contributed by atoms with van der Waals surface area (Å²) in [6.07, 6.45) is 4.43. The Morgan fingerprint density at radius 1 is 1.15 bits per heavy atom. The summed E-state index contributed by atoms with van der Waals surface area (Å²) in [7, 11) is 2.23. The molecule has 2 aromatic carbocycles. The summed E-state index contributed by atoms with van der Waals surface area (Å²) < 4.78 is 23.0. The molecule has 0 radical (unpaired) electrons. The highest BCUT2D eigenvalue weighted by molar-refractivity contribution is 6.89. The van der Waals surface area contributed by atoms with Crippen molar-refractivity contribution in [1.29, 1.82) is 0 Å². The minimum Gasteiger partial charge on any atom is -0.508 e. The minimum atomic E-state index is -1.91. The van der Waals surface area contributed by atoms with Gasteiger partial charge in [0.15, 0.2) is 5.82 Å². The van der Waals surface area contributed by atoms with Gasteiger partial charge < -0.3 is 25.0 Å². The lowest BCUT2D eigenvalue weighted by molar-refractivity contribution is 0.183. The molecule has 2 aliphatic heterocycles. The number of rotatable bonds is 8. The molecule has 3 heterocycles. The second-order valence-electron chi connectivity index (χ2n) is 13.3. The number of benzene rings is 2. The van der Waals surface area contributed by atoms with Gasteiger partial charge in [-0.15, -0.1) is 0 Å². The SMILES string of the molecule is CN(C)CC1(COc2nc(N3CC4CCC(C3)N4)c3cc(Cl)c(-c4cc(O)ccc4[Si](C)(C)C)c(F)c3n2)CC1. The van der Waals surface area contributed by atoms with Crippen LogP contribution in [0.5, 0.6) is 11.8 Å². The maximum atomic E-state index is 16.7. The van der Waals surface area contributed by atoms with Crippen LogP contribution in [-0.4, -0.2) is 80.5 Å². The fourth-order valence-corrected chi connectivity index (χ4v) is 8.37. The minimum absolute atomic E-state index is 0.0758. The van der Waals surface area contributed by atoms with E-state index in [1.807, 2.05) is 6.07 Å². The molecule has 3 aromatic rings. The number of fused-ring (bicyclic) bond motifs is 3. The number of nitrogens with zero attached hydrogens (tertiary/aromatic N) is 4. The number of phenols is 1. The molecule has 1 aromatic heterocycles. The maximum absolute atomic E-state index is 16.7. The van der Waals surface area contributed by atoms with Crippen LogP contribution >= 0.6 is 11.6 Å². The molecule has 6 rings (SSSR count). The molecule has 2 N–H and O–H groups in total. The Hall–Kier alpha value is -2.46. The van der Waals surface area contributed by atoms with E-state index in [0.717, 1.165) is 50.5 Å². The van der Waals surface area contributed by atoms with Crippen LogP contribution in [0.1, 0.15) is 25.7 Å². The normalized spacial score (nSPS) is 21.9. The molecule has 214 valence electrons. The molecule has 2 atom stereocenters. The van der Waals surface area contributed by atoms with E-state index in [4.69, 9.17) is 21.3 Å². The summed E-state index contributed by atoms with van der Waals surface area (Å²) in [6.45, 7) is 9.60. The number of aromatic nitrogens is 2. The van der Waals surface area contributed by atoms with Crippen LogP contribution in [0.15, 0.2) is 24.3 Å². The van der Waals surface area contributed by atoms with E-state index in [0.29, 0.717) is 35.5 Å². The van der Waals surface area contributed by atoms with Gasteiger partial charge >= 0.3 is 6.01 Å². The van der Waals surface area contributed by atoms with Crippen molar-refractivity contribution >= 4 is 41.6 Å². The zero-order valence-corrected chi connectivity index (χ0v) is 25.8. The Bertz CT molecular complexity index is 1450. The zero-order valence-electron chi connectivity index (χ0n) is 24.0.